The summed E-state index contributed by atoms with van der Waals surface area (Å²) in [6.45, 7) is 1.83. The summed E-state index contributed by atoms with van der Waals surface area (Å²) >= 11 is 0. The Morgan fingerprint density at radius 3 is 2.56 bits per heavy atom. The van der Waals surface area contributed by atoms with Gasteiger partial charge in [-0.3, -0.25) is 14.3 Å². The van der Waals surface area contributed by atoms with E-state index in [0.29, 0.717) is 11.4 Å². The highest BCUT2D eigenvalue weighted by molar-refractivity contribution is 5.94. The van der Waals surface area contributed by atoms with Crippen molar-refractivity contribution in [2.24, 2.45) is 7.05 Å². The van der Waals surface area contributed by atoms with Crippen LogP contribution >= 0.6 is 0 Å². The molecule has 0 bridgehead atoms. The summed E-state index contributed by atoms with van der Waals surface area (Å²) in [6, 6.07) is 16.6. The Kier molecular flexibility index (Phi) is 5.30. The molecular formula is C20H22N4O3. The van der Waals surface area contributed by atoms with E-state index in [-0.39, 0.29) is 23.7 Å². The fraction of sp³-hybridized carbons (Fsp3) is 0.200. The van der Waals surface area contributed by atoms with Gasteiger partial charge in [0.25, 0.3) is 5.56 Å². The molecular weight excluding hydrogens is 344 g/mol. The van der Waals surface area contributed by atoms with E-state index < -0.39 is 0 Å². The second-order valence-corrected chi connectivity index (χ2v) is 6.07. The van der Waals surface area contributed by atoms with Gasteiger partial charge < -0.3 is 15.4 Å². The maximum atomic E-state index is 12.8. The third kappa shape index (κ3) is 3.87. The maximum absolute atomic E-state index is 12.8. The first-order valence-corrected chi connectivity index (χ1v) is 8.53. The van der Waals surface area contributed by atoms with Crippen molar-refractivity contribution in [1.29, 1.82) is 0 Å². The van der Waals surface area contributed by atoms with Crippen molar-refractivity contribution < 1.29 is 9.53 Å². The van der Waals surface area contributed by atoms with Crippen LogP contribution in [0.4, 0.5) is 11.4 Å². The zero-order valence-electron chi connectivity index (χ0n) is 15.5. The number of nitrogens with one attached hydrogen (secondary N) is 2. The first kappa shape index (κ1) is 18.3. The molecule has 140 valence electrons. The topological polar surface area (TPSA) is 77.3 Å². The van der Waals surface area contributed by atoms with E-state index in [9.17, 15) is 9.59 Å². The van der Waals surface area contributed by atoms with Crippen LogP contribution in [0.25, 0.3) is 5.69 Å². The summed E-state index contributed by atoms with van der Waals surface area (Å²) in [5.41, 5.74) is 2.19. The van der Waals surface area contributed by atoms with Gasteiger partial charge in [-0.25, -0.2) is 4.68 Å². The monoisotopic (exact) mass is 366 g/mol. The average Bonchev–Trinajstić information content (AvgIpc) is 2.90. The SMILES string of the molecule is COc1cccc(NCC(=O)Nc2c(C)n(C)n(-c3ccccc3)c2=O)c1. The van der Waals surface area contributed by atoms with Gasteiger partial charge in [-0.2, -0.15) is 0 Å². The minimum absolute atomic E-state index is 0.0340. The van der Waals surface area contributed by atoms with Crippen molar-refractivity contribution >= 4 is 17.3 Å². The lowest BCUT2D eigenvalue weighted by atomic mass is 10.3. The van der Waals surface area contributed by atoms with Gasteiger partial charge in [-0.1, -0.05) is 24.3 Å². The molecule has 1 aromatic heterocycles. The number of carbonyl (C=O) groups is 1. The van der Waals surface area contributed by atoms with Gasteiger partial charge in [-0.05, 0) is 31.2 Å². The summed E-state index contributed by atoms with van der Waals surface area (Å²) in [4.78, 5) is 25.1. The molecule has 0 radical (unpaired) electrons. The van der Waals surface area contributed by atoms with Crippen LogP contribution < -0.4 is 20.9 Å². The molecule has 27 heavy (non-hydrogen) atoms. The Morgan fingerprint density at radius 2 is 1.85 bits per heavy atom. The van der Waals surface area contributed by atoms with Gasteiger partial charge in [0.15, 0.2) is 0 Å². The van der Waals surface area contributed by atoms with E-state index >= 15 is 0 Å². The van der Waals surface area contributed by atoms with Crippen LogP contribution in [0, 0.1) is 6.92 Å². The van der Waals surface area contributed by atoms with E-state index in [1.165, 1.54) is 4.68 Å². The summed E-state index contributed by atoms with van der Waals surface area (Å²) < 4.78 is 8.41. The highest BCUT2D eigenvalue weighted by Crippen LogP contribution is 2.17. The van der Waals surface area contributed by atoms with Crippen LogP contribution in [-0.4, -0.2) is 28.9 Å². The number of para-hydroxylation sites is 1. The minimum Gasteiger partial charge on any atom is -0.497 e. The van der Waals surface area contributed by atoms with Crippen LogP contribution in [0.15, 0.2) is 59.4 Å². The zero-order chi connectivity index (χ0) is 19.4. The number of anilines is 2. The number of rotatable bonds is 6. The van der Waals surface area contributed by atoms with Gasteiger partial charge in [0.1, 0.15) is 11.4 Å². The summed E-state index contributed by atoms with van der Waals surface area (Å²) in [6.07, 6.45) is 0. The summed E-state index contributed by atoms with van der Waals surface area (Å²) in [7, 11) is 3.37. The van der Waals surface area contributed by atoms with Gasteiger partial charge in [0.2, 0.25) is 5.91 Å². The Balaban J connectivity index is 1.75. The van der Waals surface area contributed by atoms with Crippen LogP contribution in [-0.2, 0) is 11.8 Å². The van der Waals surface area contributed by atoms with Crippen molar-refractivity contribution in [3.05, 3.63) is 70.6 Å². The number of hydrogen-bond donors (Lipinski definition) is 2. The standard InChI is InChI=1S/C20H22N4O3/c1-14-19(20(26)24(23(14)2)16-9-5-4-6-10-16)22-18(25)13-21-15-8-7-11-17(12-15)27-3/h4-12,21H,13H2,1-3H3,(H,22,25). The van der Waals surface area contributed by atoms with E-state index in [4.69, 9.17) is 4.74 Å². The molecule has 0 fully saturated rings. The molecule has 0 aliphatic rings. The minimum atomic E-state index is -0.302. The molecule has 3 rings (SSSR count). The van der Waals surface area contributed by atoms with Crippen LogP contribution in [0.3, 0.4) is 0 Å². The largest absolute Gasteiger partial charge is 0.497 e. The number of amides is 1. The van der Waals surface area contributed by atoms with Crippen LogP contribution in [0.5, 0.6) is 5.75 Å². The molecule has 2 aromatic carbocycles. The lowest BCUT2D eigenvalue weighted by Gasteiger charge is -2.08. The maximum Gasteiger partial charge on any atom is 0.295 e. The van der Waals surface area contributed by atoms with E-state index in [1.807, 2.05) is 48.5 Å². The molecule has 1 heterocycles. The lowest BCUT2D eigenvalue weighted by Crippen LogP contribution is -2.26. The number of ether oxygens (including phenoxy) is 1. The predicted octanol–water partition coefficient (Wildman–Crippen LogP) is 2.54. The highest BCUT2D eigenvalue weighted by Gasteiger charge is 2.17. The average molecular weight is 366 g/mol. The highest BCUT2D eigenvalue weighted by atomic mass is 16.5. The van der Waals surface area contributed by atoms with Crippen LogP contribution in [0.1, 0.15) is 5.69 Å². The Hall–Kier alpha value is -3.48. The molecule has 1 amide bonds. The van der Waals surface area contributed by atoms with Gasteiger partial charge in [0, 0.05) is 18.8 Å². The quantitative estimate of drug-likeness (QED) is 0.703. The molecule has 0 saturated heterocycles. The second-order valence-electron chi connectivity index (χ2n) is 6.07. The van der Waals surface area contributed by atoms with Gasteiger partial charge in [-0.15, -0.1) is 0 Å². The lowest BCUT2D eigenvalue weighted by molar-refractivity contribution is -0.114. The number of benzene rings is 2. The van der Waals surface area contributed by atoms with Gasteiger partial charge >= 0.3 is 0 Å². The van der Waals surface area contributed by atoms with E-state index in [0.717, 1.165) is 11.4 Å². The molecule has 7 nitrogen and oxygen atoms in total. The molecule has 0 saturated carbocycles. The van der Waals surface area contributed by atoms with Crippen molar-refractivity contribution in [3.8, 4) is 11.4 Å². The van der Waals surface area contributed by atoms with Crippen molar-refractivity contribution in [2.45, 2.75) is 6.92 Å². The Morgan fingerprint density at radius 1 is 1.11 bits per heavy atom. The van der Waals surface area contributed by atoms with E-state index in [2.05, 4.69) is 10.6 Å². The number of methoxy groups -OCH3 is 1. The molecule has 2 N–H and O–H groups in total. The Labute approximate surface area is 157 Å². The molecule has 7 heteroatoms. The number of hydrogen-bond acceptors (Lipinski definition) is 4. The predicted molar refractivity (Wildman–Crippen MR) is 106 cm³/mol. The number of nitrogens with zero attached hydrogens (tertiary/aromatic N) is 2. The fourth-order valence-electron chi connectivity index (χ4n) is 2.81. The Bertz CT molecular complexity index is 1010. The normalized spacial score (nSPS) is 10.5. The molecule has 0 spiro atoms. The summed E-state index contributed by atoms with van der Waals surface area (Å²) in [5.74, 6) is 0.397. The second kappa shape index (κ2) is 7.82. The molecule has 0 unspecified atom stereocenters. The van der Waals surface area contributed by atoms with Crippen LogP contribution in [0.2, 0.25) is 0 Å². The van der Waals surface area contributed by atoms with Gasteiger partial charge in [0.05, 0.1) is 25.0 Å². The van der Waals surface area contributed by atoms with Crippen molar-refractivity contribution in [3.63, 3.8) is 0 Å². The molecule has 3 aromatic rings. The molecule has 0 aliphatic heterocycles. The molecule has 0 aliphatic carbocycles. The smallest absolute Gasteiger partial charge is 0.295 e. The van der Waals surface area contributed by atoms with Crippen molar-refractivity contribution in [1.82, 2.24) is 9.36 Å². The van der Waals surface area contributed by atoms with E-state index in [1.54, 1.807) is 31.8 Å². The molecule has 0 atom stereocenters. The first-order valence-electron chi connectivity index (χ1n) is 8.53. The zero-order valence-corrected chi connectivity index (χ0v) is 15.5. The fourth-order valence-corrected chi connectivity index (χ4v) is 2.81. The number of aromatic nitrogens is 2. The number of carbonyl (C=O) groups excluding carboxylic acids is 1. The summed E-state index contributed by atoms with van der Waals surface area (Å²) in [5, 5.41) is 5.75. The third-order valence-corrected chi connectivity index (χ3v) is 4.34. The first-order chi connectivity index (χ1) is 13.0. The third-order valence-electron chi connectivity index (χ3n) is 4.34. The van der Waals surface area contributed by atoms with Crippen molar-refractivity contribution in [2.75, 3.05) is 24.3 Å².